The van der Waals surface area contributed by atoms with Crippen LogP contribution in [0.15, 0.2) is 75.9 Å². The molecule has 3 aromatic rings. The first-order chi connectivity index (χ1) is 14.3. The predicted octanol–water partition coefficient (Wildman–Crippen LogP) is 4.87. The summed E-state index contributed by atoms with van der Waals surface area (Å²) in [5.74, 6) is -0.168. The molecule has 3 rings (SSSR count). The van der Waals surface area contributed by atoms with Crippen molar-refractivity contribution in [3.63, 3.8) is 0 Å². The van der Waals surface area contributed by atoms with Crippen molar-refractivity contribution in [2.24, 2.45) is 0 Å². The van der Waals surface area contributed by atoms with E-state index < -0.39 is 10.0 Å². The quantitative estimate of drug-likeness (QED) is 0.388. The molecule has 0 saturated heterocycles. The van der Waals surface area contributed by atoms with Gasteiger partial charge in [-0.3, -0.25) is 9.71 Å². The molecule has 3 N–H and O–H groups in total. The molecule has 0 saturated carbocycles. The first-order valence-electron chi connectivity index (χ1n) is 8.79. The molecule has 2 aromatic carbocycles. The standard InChI is InChI=1S/C20H18Br2N4O3S/c21-16-2-1-15(19(22)11-16)13-30(28,29)26-18-5-3-17(4-6-18)25-20(27)24-12-14-7-9-23-10-8-14/h1-11,26H,12-13H2,(H2,24,25,27). The van der Waals surface area contributed by atoms with Crippen molar-refractivity contribution in [1.29, 1.82) is 0 Å². The van der Waals surface area contributed by atoms with Gasteiger partial charge in [-0.2, -0.15) is 0 Å². The van der Waals surface area contributed by atoms with E-state index in [1.807, 2.05) is 12.1 Å². The van der Waals surface area contributed by atoms with E-state index in [4.69, 9.17) is 0 Å². The summed E-state index contributed by atoms with van der Waals surface area (Å²) in [7, 11) is -3.60. The number of benzene rings is 2. The second-order valence-electron chi connectivity index (χ2n) is 6.34. The molecule has 0 radical (unpaired) electrons. The molecule has 0 aliphatic rings. The van der Waals surface area contributed by atoms with Gasteiger partial charge in [0, 0.05) is 39.3 Å². The smallest absolute Gasteiger partial charge is 0.319 e. The van der Waals surface area contributed by atoms with Crippen molar-refractivity contribution in [3.8, 4) is 0 Å². The van der Waals surface area contributed by atoms with Gasteiger partial charge in [0.25, 0.3) is 0 Å². The molecule has 0 aliphatic heterocycles. The van der Waals surface area contributed by atoms with Crippen molar-refractivity contribution in [3.05, 3.63) is 87.1 Å². The molecule has 30 heavy (non-hydrogen) atoms. The molecule has 0 bridgehead atoms. The van der Waals surface area contributed by atoms with Gasteiger partial charge in [-0.15, -0.1) is 0 Å². The highest BCUT2D eigenvalue weighted by Crippen LogP contribution is 2.24. The van der Waals surface area contributed by atoms with Crippen LogP contribution in [0.4, 0.5) is 16.2 Å². The number of urea groups is 1. The maximum absolute atomic E-state index is 12.5. The van der Waals surface area contributed by atoms with Crippen LogP contribution in [-0.2, 0) is 22.3 Å². The number of halogens is 2. The van der Waals surface area contributed by atoms with E-state index in [-0.39, 0.29) is 11.8 Å². The molecule has 1 heterocycles. The van der Waals surface area contributed by atoms with Gasteiger partial charge in [0.05, 0.1) is 5.75 Å². The molecular weight excluding hydrogens is 536 g/mol. The summed E-state index contributed by atoms with van der Waals surface area (Å²) in [6.45, 7) is 0.373. The van der Waals surface area contributed by atoms with Crippen LogP contribution < -0.4 is 15.4 Å². The average molecular weight is 554 g/mol. The lowest BCUT2D eigenvalue weighted by Crippen LogP contribution is -2.28. The Morgan fingerprint density at radius 1 is 0.933 bits per heavy atom. The number of sulfonamides is 1. The lowest BCUT2D eigenvalue weighted by atomic mass is 10.2. The Bertz CT molecular complexity index is 1120. The molecule has 0 aliphatic carbocycles. The monoisotopic (exact) mass is 552 g/mol. The van der Waals surface area contributed by atoms with Crippen LogP contribution in [0.2, 0.25) is 0 Å². The van der Waals surface area contributed by atoms with Gasteiger partial charge in [-0.1, -0.05) is 37.9 Å². The van der Waals surface area contributed by atoms with Gasteiger partial charge in [0.15, 0.2) is 0 Å². The number of anilines is 2. The third-order valence-electron chi connectivity index (χ3n) is 3.98. The number of nitrogens with one attached hydrogen (secondary N) is 3. The van der Waals surface area contributed by atoms with Gasteiger partial charge in [-0.25, -0.2) is 13.2 Å². The van der Waals surface area contributed by atoms with Crippen molar-refractivity contribution < 1.29 is 13.2 Å². The van der Waals surface area contributed by atoms with Crippen LogP contribution in [0.5, 0.6) is 0 Å². The van der Waals surface area contributed by atoms with Gasteiger partial charge in [-0.05, 0) is 59.7 Å². The van der Waals surface area contributed by atoms with Crippen molar-refractivity contribution in [2.75, 3.05) is 10.0 Å². The van der Waals surface area contributed by atoms with Crippen LogP contribution in [0.1, 0.15) is 11.1 Å². The summed E-state index contributed by atoms with van der Waals surface area (Å²) in [4.78, 5) is 15.9. The number of carbonyl (C=O) groups is 1. The summed E-state index contributed by atoms with van der Waals surface area (Å²) < 4.78 is 29.0. The SMILES string of the molecule is O=C(NCc1ccncc1)Nc1ccc(NS(=O)(=O)Cc2ccc(Br)cc2Br)cc1. The summed E-state index contributed by atoms with van der Waals surface area (Å²) in [6.07, 6.45) is 3.31. The van der Waals surface area contributed by atoms with Crippen molar-refractivity contribution >= 4 is 59.3 Å². The predicted molar refractivity (Wildman–Crippen MR) is 125 cm³/mol. The lowest BCUT2D eigenvalue weighted by molar-refractivity contribution is 0.251. The average Bonchev–Trinajstić information content (AvgIpc) is 2.71. The normalized spacial score (nSPS) is 11.0. The Hall–Kier alpha value is -2.43. The van der Waals surface area contributed by atoms with Crippen LogP contribution in [0, 0.1) is 0 Å². The fraction of sp³-hybridized carbons (Fsp3) is 0.100. The third kappa shape index (κ3) is 6.82. The van der Waals surface area contributed by atoms with E-state index >= 15 is 0 Å². The number of aromatic nitrogens is 1. The van der Waals surface area contributed by atoms with Gasteiger partial charge >= 0.3 is 6.03 Å². The minimum Gasteiger partial charge on any atom is -0.334 e. The van der Waals surface area contributed by atoms with Crippen LogP contribution in [-0.4, -0.2) is 19.4 Å². The maximum atomic E-state index is 12.5. The summed E-state index contributed by atoms with van der Waals surface area (Å²) >= 11 is 6.72. The molecule has 2 amide bonds. The molecule has 1 aromatic heterocycles. The zero-order chi connectivity index (χ0) is 21.6. The van der Waals surface area contributed by atoms with E-state index in [0.29, 0.717) is 28.0 Å². The molecule has 156 valence electrons. The second-order valence-corrected chi connectivity index (χ2v) is 9.83. The van der Waals surface area contributed by atoms with E-state index in [1.54, 1.807) is 54.9 Å². The Labute approximate surface area is 191 Å². The Kier molecular flexibility index (Phi) is 7.46. The first-order valence-corrected chi connectivity index (χ1v) is 12.0. The number of rotatable bonds is 7. The highest BCUT2D eigenvalue weighted by molar-refractivity contribution is 9.11. The first kappa shape index (κ1) is 22.3. The molecule has 10 heteroatoms. The van der Waals surface area contributed by atoms with Crippen LogP contribution >= 0.6 is 31.9 Å². The van der Waals surface area contributed by atoms with E-state index in [1.165, 1.54) is 0 Å². The molecule has 0 atom stereocenters. The topological polar surface area (TPSA) is 100 Å². The number of hydrogen-bond donors (Lipinski definition) is 3. The number of amides is 2. The van der Waals surface area contributed by atoms with Crippen molar-refractivity contribution in [2.45, 2.75) is 12.3 Å². The number of nitrogens with zero attached hydrogens (tertiary/aromatic N) is 1. The minimum atomic E-state index is -3.60. The molecule has 0 spiro atoms. The number of pyridine rings is 1. The van der Waals surface area contributed by atoms with Crippen LogP contribution in [0.25, 0.3) is 0 Å². The molecule has 0 fully saturated rings. The van der Waals surface area contributed by atoms with Gasteiger partial charge in [0.1, 0.15) is 0 Å². The van der Waals surface area contributed by atoms with Gasteiger partial charge in [0.2, 0.25) is 10.0 Å². The lowest BCUT2D eigenvalue weighted by Gasteiger charge is -2.11. The Balaban J connectivity index is 1.55. The van der Waals surface area contributed by atoms with E-state index in [9.17, 15) is 13.2 Å². The fourth-order valence-electron chi connectivity index (χ4n) is 2.54. The third-order valence-corrected chi connectivity index (χ3v) is 6.45. The number of carbonyl (C=O) groups excluding carboxylic acids is 1. The van der Waals surface area contributed by atoms with E-state index in [2.05, 4.69) is 52.2 Å². The summed E-state index contributed by atoms with van der Waals surface area (Å²) in [5.41, 5.74) is 2.53. The minimum absolute atomic E-state index is 0.168. The largest absolute Gasteiger partial charge is 0.334 e. The Morgan fingerprint density at radius 2 is 1.60 bits per heavy atom. The molecular formula is C20H18Br2N4O3S. The summed E-state index contributed by atoms with van der Waals surface area (Å²) in [5, 5.41) is 5.44. The van der Waals surface area contributed by atoms with Crippen molar-refractivity contribution in [1.82, 2.24) is 10.3 Å². The van der Waals surface area contributed by atoms with E-state index in [0.717, 1.165) is 10.0 Å². The summed E-state index contributed by atoms with van der Waals surface area (Å²) in [6, 6.07) is 15.0. The Morgan fingerprint density at radius 3 is 2.27 bits per heavy atom. The zero-order valence-electron chi connectivity index (χ0n) is 15.6. The molecule has 0 unspecified atom stereocenters. The number of hydrogen-bond acceptors (Lipinski definition) is 4. The highest BCUT2D eigenvalue weighted by Gasteiger charge is 2.14. The van der Waals surface area contributed by atoms with Gasteiger partial charge < -0.3 is 10.6 Å². The maximum Gasteiger partial charge on any atom is 0.319 e. The molecule has 7 nitrogen and oxygen atoms in total. The van der Waals surface area contributed by atoms with Crippen LogP contribution in [0.3, 0.4) is 0 Å². The fourth-order valence-corrected chi connectivity index (χ4v) is 5.14. The zero-order valence-corrected chi connectivity index (χ0v) is 19.6. The highest BCUT2D eigenvalue weighted by atomic mass is 79.9. The second kappa shape index (κ2) is 10.1.